The Bertz CT molecular complexity index is 1770. The van der Waals surface area contributed by atoms with Crippen LogP contribution in [0.3, 0.4) is 0 Å². The Morgan fingerprint density at radius 1 is 1.16 bits per heavy atom. The summed E-state index contributed by atoms with van der Waals surface area (Å²) in [6.07, 6.45) is 4.64. The lowest BCUT2D eigenvalue weighted by Crippen LogP contribution is -2.32. The smallest absolute Gasteiger partial charge is 0.240 e. The standard InChI is InChI=1S/C26H18ClF2N7O2/c1-26(12-5-6-14(27)19(37)9-12)20-21(30)33-22(34-23(20)35-25(26)38)18-11-36-8-7-31-24(36)17(32-18)10-13-15(28)3-2-4-16(13)29/h2-9,11,37H,10H2,1H3,(H3,30,33,34,35,38)/t26-/m1/s1. The van der Waals surface area contributed by atoms with Crippen molar-refractivity contribution in [2.24, 2.45) is 0 Å². The molecule has 4 N–H and O–H groups in total. The van der Waals surface area contributed by atoms with E-state index in [-0.39, 0.29) is 45.9 Å². The molecular weight excluding hydrogens is 516 g/mol. The third-order valence-corrected chi connectivity index (χ3v) is 7.04. The van der Waals surface area contributed by atoms with E-state index in [1.807, 2.05) is 0 Å². The normalized spacial score (nSPS) is 16.6. The number of nitrogen functional groups attached to an aromatic ring is 1. The van der Waals surface area contributed by atoms with Gasteiger partial charge in [0.1, 0.15) is 40.1 Å². The van der Waals surface area contributed by atoms with Gasteiger partial charge in [-0.25, -0.2) is 28.7 Å². The van der Waals surface area contributed by atoms with E-state index in [0.717, 1.165) is 0 Å². The van der Waals surface area contributed by atoms with Crippen LogP contribution in [0.4, 0.5) is 20.4 Å². The summed E-state index contributed by atoms with van der Waals surface area (Å²) in [5, 5.41) is 13.0. The maximum Gasteiger partial charge on any atom is 0.240 e. The lowest BCUT2D eigenvalue weighted by molar-refractivity contribution is -0.119. The van der Waals surface area contributed by atoms with Crippen molar-refractivity contribution in [3.63, 3.8) is 0 Å². The molecule has 12 heteroatoms. The lowest BCUT2D eigenvalue weighted by atomic mass is 9.77. The summed E-state index contributed by atoms with van der Waals surface area (Å²) in [6, 6.07) is 8.14. The highest BCUT2D eigenvalue weighted by molar-refractivity contribution is 6.32. The number of halogens is 3. The van der Waals surface area contributed by atoms with Crippen molar-refractivity contribution < 1.29 is 18.7 Å². The monoisotopic (exact) mass is 533 g/mol. The van der Waals surface area contributed by atoms with Gasteiger partial charge in [0.05, 0.1) is 16.3 Å². The molecular formula is C26H18ClF2N7O2. The minimum Gasteiger partial charge on any atom is -0.506 e. The highest BCUT2D eigenvalue weighted by atomic mass is 35.5. The van der Waals surface area contributed by atoms with E-state index >= 15 is 0 Å². The molecule has 38 heavy (non-hydrogen) atoms. The number of imidazole rings is 1. The fourth-order valence-corrected chi connectivity index (χ4v) is 4.83. The van der Waals surface area contributed by atoms with Crippen molar-refractivity contribution >= 4 is 34.8 Å². The number of anilines is 2. The first-order valence-electron chi connectivity index (χ1n) is 11.4. The fraction of sp³-hybridized carbons (Fsp3) is 0.115. The Balaban J connectivity index is 1.47. The summed E-state index contributed by atoms with van der Waals surface area (Å²) in [5.41, 5.74) is 6.67. The molecule has 4 heterocycles. The number of rotatable bonds is 4. The topological polar surface area (TPSA) is 131 Å². The van der Waals surface area contributed by atoms with E-state index in [4.69, 9.17) is 17.3 Å². The molecule has 190 valence electrons. The van der Waals surface area contributed by atoms with Crippen molar-refractivity contribution in [2.75, 3.05) is 11.1 Å². The Morgan fingerprint density at radius 2 is 1.92 bits per heavy atom. The number of benzene rings is 2. The molecule has 1 aliphatic rings. The van der Waals surface area contributed by atoms with Crippen molar-refractivity contribution in [1.82, 2.24) is 24.3 Å². The van der Waals surface area contributed by atoms with Gasteiger partial charge in [0.15, 0.2) is 11.5 Å². The van der Waals surface area contributed by atoms with Crippen molar-refractivity contribution in [2.45, 2.75) is 18.8 Å². The summed E-state index contributed by atoms with van der Waals surface area (Å²) >= 11 is 5.95. The molecule has 0 saturated carbocycles. The molecule has 0 unspecified atom stereocenters. The van der Waals surface area contributed by atoms with E-state index < -0.39 is 23.0 Å². The number of phenols is 1. The minimum absolute atomic E-state index is 0.0227. The second-order valence-corrected chi connectivity index (χ2v) is 9.42. The maximum atomic E-state index is 14.4. The molecule has 0 fully saturated rings. The first kappa shape index (κ1) is 23.7. The summed E-state index contributed by atoms with van der Waals surface area (Å²) < 4.78 is 30.4. The number of aromatic nitrogens is 5. The van der Waals surface area contributed by atoms with Gasteiger partial charge in [0, 0.05) is 30.6 Å². The molecule has 0 radical (unpaired) electrons. The van der Waals surface area contributed by atoms with Gasteiger partial charge in [-0.1, -0.05) is 23.7 Å². The first-order valence-corrected chi connectivity index (χ1v) is 11.8. The second kappa shape index (κ2) is 8.45. The van der Waals surface area contributed by atoms with Gasteiger partial charge in [-0.15, -0.1) is 0 Å². The first-order chi connectivity index (χ1) is 18.2. The molecule has 1 amide bonds. The number of carbonyl (C=O) groups excluding carboxylic acids is 1. The molecule has 9 nitrogen and oxygen atoms in total. The molecule has 0 saturated heterocycles. The molecule has 0 aliphatic carbocycles. The van der Waals surface area contributed by atoms with Gasteiger partial charge in [0.2, 0.25) is 5.91 Å². The number of hydrogen-bond donors (Lipinski definition) is 3. The van der Waals surface area contributed by atoms with E-state index in [2.05, 4.69) is 25.3 Å². The molecule has 5 aromatic rings. The summed E-state index contributed by atoms with van der Waals surface area (Å²) in [6.45, 7) is 1.65. The van der Waals surface area contributed by atoms with Crippen LogP contribution in [0.25, 0.3) is 17.2 Å². The van der Waals surface area contributed by atoms with Gasteiger partial charge in [0.25, 0.3) is 0 Å². The number of nitrogens with one attached hydrogen (secondary N) is 1. The van der Waals surface area contributed by atoms with Crippen molar-refractivity contribution in [3.8, 4) is 17.3 Å². The van der Waals surface area contributed by atoms with Gasteiger partial charge in [-0.3, -0.25) is 4.79 Å². The predicted molar refractivity (Wildman–Crippen MR) is 136 cm³/mol. The quantitative estimate of drug-likeness (QED) is 0.314. The molecule has 0 spiro atoms. The predicted octanol–water partition coefficient (Wildman–Crippen LogP) is 4.25. The van der Waals surface area contributed by atoms with Crippen LogP contribution in [0.2, 0.25) is 5.02 Å². The van der Waals surface area contributed by atoms with Crippen molar-refractivity contribution in [3.05, 3.63) is 94.0 Å². The zero-order chi connectivity index (χ0) is 26.8. The SMILES string of the molecule is C[C@]1(c2ccc(Cl)c(O)c2)C(=O)Nc2nc(-c3cn4ccnc4c(Cc4c(F)cccc4F)n3)nc(N)c21. The average Bonchev–Trinajstić information content (AvgIpc) is 3.46. The molecule has 1 aliphatic heterocycles. The van der Waals surface area contributed by atoms with Crippen LogP contribution < -0.4 is 11.1 Å². The Hall–Kier alpha value is -4.64. The second-order valence-electron chi connectivity index (χ2n) is 9.01. The molecule has 3 aromatic heterocycles. The van der Waals surface area contributed by atoms with Gasteiger partial charge < -0.3 is 20.6 Å². The summed E-state index contributed by atoms with van der Waals surface area (Å²) in [7, 11) is 0. The molecule has 1 atom stereocenters. The van der Waals surface area contributed by atoms with Crippen LogP contribution >= 0.6 is 11.6 Å². The zero-order valence-electron chi connectivity index (χ0n) is 19.7. The van der Waals surface area contributed by atoms with Crippen LogP contribution in [-0.4, -0.2) is 35.4 Å². The van der Waals surface area contributed by atoms with E-state index in [1.165, 1.54) is 36.5 Å². The van der Waals surface area contributed by atoms with Gasteiger partial charge in [-0.05, 0) is 36.8 Å². The summed E-state index contributed by atoms with van der Waals surface area (Å²) in [4.78, 5) is 30.9. The maximum absolute atomic E-state index is 14.4. The average molecular weight is 534 g/mol. The number of amides is 1. The number of hydrogen-bond acceptors (Lipinski definition) is 7. The largest absolute Gasteiger partial charge is 0.506 e. The van der Waals surface area contributed by atoms with E-state index in [9.17, 15) is 18.7 Å². The molecule has 2 aromatic carbocycles. The highest BCUT2D eigenvalue weighted by Gasteiger charge is 2.47. The van der Waals surface area contributed by atoms with Crippen LogP contribution in [-0.2, 0) is 16.6 Å². The van der Waals surface area contributed by atoms with Crippen LogP contribution in [0.15, 0.2) is 55.0 Å². The third-order valence-electron chi connectivity index (χ3n) is 6.73. The highest BCUT2D eigenvalue weighted by Crippen LogP contribution is 2.46. The minimum atomic E-state index is -1.30. The van der Waals surface area contributed by atoms with Gasteiger partial charge >= 0.3 is 0 Å². The Morgan fingerprint density at radius 3 is 2.66 bits per heavy atom. The third kappa shape index (κ3) is 3.54. The number of carbonyl (C=O) groups is 1. The summed E-state index contributed by atoms with van der Waals surface area (Å²) in [5.74, 6) is -1.69. The molecule has 0 bridgehead atoms. The number of fused-ring (bicyclic) bond motifs is 2. The zero-order valence-corrected chi connectivity index (χ0v) is 20.5. The Labute approximate surface area is 219 Å². The van der Waals surface area contributed by atoms with Crippen LogP contribution in [0.5, 0.6) is 5.75 Å². The van der Waals surface area contributed by atoms with Crippen molar-refractivity contribution in [1.29, 1.82) is 0 Å². The Kier molecular flexibility index (Phi) is 5.28. The molecule has 6 rings (SSSR count). The number of aromatic hydroxyl groups is 1. The lowest BCUT2D eigenvalue weighted by Gasteiger charge is -2.23. The number of phenolic OH excluding ortho intramolecular Hbond substituents is 1. The number of nitrogens with two attached hydrogens (primary N) is 1. The van der Waals surface area contributed by atoms with E-state index in [1.54, 1.807) is 29.8 Å². The van der Waals surface area contributed by atoms with Crippen LogP contribution in [0, 0.1) is 11.6 Å². The number of nitrogens with zero attached hydrogens (tertiary/aromatic N) is 5. The van der Waals surface area contributed by atoms with Crippen LogP contribution in [0.1, 0.15) is 29.3 Å². The van der Waals surface area contributed by atoms with Gasteiger partial charge in [-0.2, -0.15) is 0 Å². The fourth-order valence-electron chi connectivity index (χ4n) is 4.71. The van der Waals surface area contributed by atoms with E-state index in [0.29, 0.717) is 22.5 Å².